The highest BCUT2D eigenvalue weighted by Crippen LogP contribution is 2.46. The first-order chi connectivity index (χ1) is 28.1. The van der Waals surface area contributed by atoms with E-state index in [1.54, 1.807) is 24.3 Å². The second-order valence-electron chi connectivity index (χ2n) is 14.6. The maximum atomic E-state index is 15.6. The molecule has 4 saturated heterocycles. The zero-order chi connectivity index (χ0) is 42.1. The van der Waals surface area contributed by atoms with E-state index < -0.39 is 52.0 Å². The number of carbonyl (C=O) groups excluding carboxylic acids is 4. The summed E-state index contributed by atoms with van der Waals surface area (Å²) in [5.41, 5.74) is -3.15. The van der Waals surface area contributed by atoms with Crippen LogP contribution in [0.4, 0.5) is 40.3 Å². The zero-order valence-corrected chi connectivity index (χ0v) is 33.0. The van der Waals surface area contributed by atoms with Crippen molar-refractivity contribution in [1.29, 1.82) is 5.26 Å². The molecule has 14 nitrogen and oxygen atoms in total. The van der Waals surface area contributed by atoms with Crippen molar-refractivity contribution in [3.8, 4) is 11.8 Å². The lowest BCUT2D eigenvalue weighted by Crippen LogP contribution is -2.51. The number of carbonyl (C=O) groups is 4. The fraction of sp³-hybridized carbons (Fsp3) is 0.410. The molecule has 7 rings (SSSR count). The van der Waals surface area contributed by atoms with E-state index in [-0.39, 0.29) is 68.1 Å². The lowest BCUT2D eigenvalue weighted by atomic mass is 9.96. The summed E-state index contributed by atoms with van der Waals surface area (Å²) in [5, 5.41) is 17.8. The lowest BCUT2D eigenvalue weighted by molar-refractivity contribution is -0.138. The van der Waals surface area contributed by atoms with Crippen LogP contribution in [0, 0.1) is 17.1 Å². The number of imide groups is 1. The molecule has 0 bridgehead atoms. The number of hydrogen-bond acceptors (Lipinski definition) is 12. The van der Waals surface area contributed by atoms with E-state index in [1.165, 1.54) is 29.2 Å². The number of nitrogens with one attached hydrogen (secondary N) is 3. The summed E-state index contributed by atoms with van der Waals surface area (Å²) in [4.78, 5) is 57.3. The number of anilines is 4. The number of piperazine rings is 1. The maximum absolute atomic E-state index is 15.6. The van der Waals surface area contributed by atoms with Gasteiger partial charge in [0.2, 0.25) is 17.7 Å². The van der Waals surface area contributed by atoms with E-state index in [1.807, 2.05) is 4.90 Å². The molecule has 4 amide bonds. The topological polar surface area (TPSA) is 160 Å². The van der Waals surface area contributed by atoms with Gasteiger partial charge in [0.25, 0.3) is 5.91 Å². The van der Waals surface area contributed by atoms with Crippen molar-refractivity contribution >= 4 is 70.6 Å². The van der Waals surface area contributed by atoms with Gasteiger partial charge in [0.15, 0.2) is 17.1 Å². The second-order valence-corrected chi connectivity index (χ2v) is 15.5. The molecule has 4 fully saturated rings. The van der Waals surface area contributed by atoms with Crippen LogP contribution in [0.15, 0.2) is 54.6 Å². The minimum atomic E-state index is -4.84. The van der Waals surface area contributed by atoms with Crippen LogP contribution in [0.25, 0.3) is 0 Å². The van der Waals surface area contributed by atoms with E-state index in [0.29, 0.717) is 55.5 Å². The Morgan fingerprint density at radius 3 is 2.44 bits per heavy atom. The van der Waals surface area contributed by atoms with Crippen molar-refractivity contribution in [1.82, 2.24) is 15.1 Å². The molecule has 3 aromatic rings. The van der Waals surface area contributed by atoms with Crippen molar-refractivity contribution in [2.45, 2.75) is 42.5 Å². The lowest BCUT2D eigenvalue weighted by Gasteiger charge is -2.35. The molecular formula is C39H39ClF4N8O6S. The third-order valence-electron chi connectivity index (χ3n) is 10.7. The Labute approximate surface area is 346 Å². The average molecular weight is 859 g/mol. The fourth-order valence-corrected chi connectivity index (χ4v) is 8.55. The minimum Gasteiger partial charge on any atom is -0.489 e. The van der Waals surface area contributed by atoms with Gasteiger partial charge in [-0.05, 0) is 55.0 Å². The molecule has 4 heterocycles. The summed E-state index contributed by atoms with van der Waals surface area (Å²) in [6.07, 6.45) is -4.10. The highest BCUT2D eigenvalue weighted by atomic mass is 35.5. The van der Waals surface area contributed by atoms with Crippen LogP contribution in [-0.2, 0) is 30.1 Å². The van der Waals surface area contributed by atoms with Crippen LogP contribution in [0.3, 0.4) is 0 Å². The highest BCUT2D eigenvalue weighted by molar-refractivity contribution is 7.81. The van der Waals surface area contributed by atoms with E-state index in [0.717, 1.165) is 17.0 Å². The SMILES string of the molecule is N#Cc1ccc(N2C(=O)C3(CCOC3)N(c3ccc(OCCN4CCN(CC(=O)Nc5cc(Cl)cc(NC6CCC(=O)NC6=O)c5)CC4)c(F)c3)C2S)cc1C(F)(F)F. The number of halogens is 5. The molecule has 4 aliphatic rings. The van der Waals surface area contributed by atoms with Crippen LogP contribution in [-0.4, -0.2) is 110 Å². The van der Waals surface area contributed by atoms with E-state index in [2.05, 4.69) is 33.5 Å². The highest BCUT2D eigenvalue weighted by Gasteiger charge is 2.59. The first-order valence-corrected chi connectivity index (χ1v) is 19.6. The second kappa shape index (κ2) is 17.2. The number of ether oxygens (including phenoxy) is 2. The number of hydrogen-bond donors (Lipinski definition) is 4. The molecule has 0 radical (unpaired) electrons. The number of piperidine rings is 1. The quantitative estimate of drug-likeness (QED) is 0.123. The molecule has 1 spiro atoms. The van der Waals surface area contributed by atoms with Gasteiger partial charge in [-0.15, -0.1) is 12.6 Å². The van der Waals surface area contributed by atoms with Gasteiger partial charge in [-0.2, -0.15) is 18.4 Å². The summed E-state index contributed by atoms with van der Waals surface area (Å²) in [5.74, 6) is -2.30. The van der Waals surface area contributed by atoms with Crippen LogP contribution in [0.1, 0.15) is 30.4 Å². The average Bonchev–Trinajstić information content (AvgIpc) is 3.75. The molecular weight excluding hydrogens is 820 g/mol. The molecule has 4 aliphatic heterocycles. The van der Waals surface area contributed by atoms with Crippen LogP contribution in [0.5, 0.6) is 5.75 Å². The monoisotopic (exact) mass is 858 g/mol. The number of alkyl halides is 3. The maximum Gasteiger partial charge on any atom is 0.417 e. The molecule has 0 aliphatic carbocycles. The minimum absolute atomic E-state index is 0.0303. The Balaban J connectivity index is 0.910. The van der Waals surface area contributed by atoms with Gasteiger partial charge < -0.3 is 25.0 Å². The molecule has 0 saturated carbocycles. The first-order valence-electron chi connectivity index (χ1n) is 18.7. The predicted molar refractivity (Wildman–Crippen MR) is 212 cm³/mol. The zero-order valence-electron chi connectivity index (χ0n) is 31.4. The summed E-state index contributed by atoms with van der Waals surface area (Å²) in [7, 11) is 0. The Bertz CT molecular complexity index is 2180. The summed E-state index contributed by atoms with van der Waals surface area (Å²) >= 11 is 10.9. The number of amides is 4. The van der Waals surface area contributed by atoms with Gasteiger partial charge >= 0.3 is 6.18 Å². The van der Waals surface area contributed by atoms with Crippen molar-refractivity contribution in [3.05, 3.63) is 76.6 Å². The van der Waals surface area contributed by atoms with Gasteiger partial charge in [-0.3, -0.25) is 39.2 Å². The predicted octanol–water partition coefficient (Wildman–Crippen LogP) is 4.45. The Morgan fingerprint density at radius 1 is 1.03 bits per heavy atom. The molecule has 3 unspecified atom stereocenters. The molecule has 59 heavy (non-hydrogen) atoms. The number of thiol groups is 1. The van der Waals surface area contributed by atoms with Crippen LogP contribution in [0.2, 0.25) is 5.02 Å². The molecule has 3 atom stereocenters. The molecule has 20 heteroatoms. The van der Waals surface area contributed by atoms with Crippen LogP contribution >= 0.6 is 24.2 Å². The summed E-state index contributed by atoms with van der Waals surface area (Å²) in [6.45, 7) is 3.32. The smallest absolute Gasteiger partial charge is 0.417 e. The third kappa shape index (κ3) is 9.06. The molecule has 3 aromatic carbocycles. The number of rotatable bonds is 11. The molecule has 312 valence electrons. The Morgan fingerprint density at radius 2 is 1.76 bits per heavy atom. The molecule has 3 N–H and O–H groups in total. The Kier molecular flexibility index (Phi) is 12.3. The van der Waals surface area contributed by atoms with Crippen molar-refractivity contribution in [2.24, 2.45) is 0 Å². The van der Waals surface area contributed by atoms with Gasteiger partial charge in [0, 0.05) is 86.0 Å². The summed E-state index contributed by atoms with van der Waals surface area (Å²) in [6, 6.07) is 13.0. The molecule has 0 aromatic heterocycles. The van der Waals surface area contributed by atoms with Gasteiger partial charge in [0.05, 0.1) is 30.3 Å². The van der Waals surface area contributed by atoms with Gasteiger partial charge in [-0.25, -0.2) is 4.39 Å². The van der Waals surface area contributed by atoms with Gasteiger partial charge in [-0.1, -0.05) is 11.6 Å². The van der Waals surface area contributed by atoms with Gasteiger partial charge in [0.1, 0.15) is 18.2 Å². The standard InChI is InChI=1S/C39H39ClF4N8O6S/c40-24-15-25(46-31-4-6-33(53)48-35(31)55)17-26(16-24)47-34(54)21-50-10-8-49(9-11-50)12-14-58-32-5-3-28(19-30(32)41)52-37(59)51(36(56)38(52)7-13-57-22-38)27-2-1-23(20-45)29(18-27)39(42,43)44/h1-3,5,15-19,31,37,46,59H,4,6-14,21-22H2,(H,47,54)(H,48,53,55). The van der Waals surface area contributed by atoms with Crippen molar-refractivity contribution in [3.63, 3.8) is 0 Å². The largest absolute Gasteiger partial charge is 0.489 e. The number of benzene rings is 3. The van der Waals surface area contributed by atoms with Crippen LogP contribution < -0.4 is 30.5 Å². The van der Waals surface area contributed by atoms with Crippen molar-refractivity contribution < 1.29 is 46.2 Å². The summed E-state index contributed by atoms with van der Waals surface area (Å²) < 4.78 is 68.4. The van der Waals surface area contributed by atoms with E-state index >= 15 is 4.39 Å². The third-order valence-corrected chi connectivity index (χ3v) is 11.4. The van der Waals surface area contributed by atoms with E-state index in [4.69, 9.17) is 21.1 Å². The van der Waals surface area contributed by atoms with Crippen molar-refractivity contribution in [2.75, 3.05) is 79.5 Å². The fourth-order valence-electron chi connectivity index (χ4n) is 7.72. The Hall–Kier alpha value is -5.13. The number of nitriles is 1. The van der Waals surface area contributed by atoms with E-state index in [9.17, 15) is 37.6 Å². The number of nitrogens with zero attached hydrogens (tertiary/aromatic N) is 5. The first kappa shape index (κ1) is 42.0. The normalized spacial score (nSPS) is 22.8.